The molecule has 1 aromatic rings. The molecule has 0 aromatic heterocycles. The van der Waals surface area contributed by atoms with Gasteiger partial charge in [0.2, 0.25) is 0 Å². The van der Waals surface area contributed by atoms with E-state index >= 15 is 0 Å². The summed E-state index contributed by atoms with van der Waals surface area (Å²) in [5.74, 6) is 0.859. The molecule has 0 atom stereocenters. The second-order valence-electron chi connectivity index (χ2n) is 7.17. The van der Waals surface area contributed by atoms with Crippen LogP contribution >= 0.6 is 35.6 Å². The molecule has 152 valence electrons. The summed E-state index contributed by atoms with van der Waals surface area (Å²) in [4.78, 5) is 7.41. The molecule has 7 heteroatoms. The molecule has 0 aliphatic carbocycles. The average molecular weight is 507 g/mol. The van der Waals surface area contributed by atoms with Gasteiger partial charge in [0, 0.05) is 36.9 Å². The van der Waals surface area contributed by atoms with Gasteiger partial charge in [0.1, 0.15) is 0 Å². The van der Waals surface area contributed by atoms with Gasteiger partial charge in [-0.2, -0.15) is 0 Å². The number of nitrogens with zero attached hydrogens (tertiary/aromatic N) is 2. The minimum atomic E-state index is 0. The number of likely N-dealkylation sites (tertiary alicyclic amines) is 1. The number of nitrogens with one attached hydrogen (secondary N) is 2. The zero-order chi connectivity index (χ0) is 18.2. The fourth-order valence-corrected chi connectivity index (χ4v) is 4.12. The summed E-state index contributed by atoms with van der Waals surface area (Å²) >= 11 is 6.26. The molecule has 0 bridgehead atoms. The van der Waals surface area contributed by atoms with E-state index in [9.17, 15) is 0 Å². The predicted octanol–water partition coefficient (Wildman–Crippen LogP) is 3.66. The monoisotopic (exact) mass is 506 g/mol. The summed E-state index contributed by atoms with van der Waals surface area (Å²) in [6.07, 6.45) is 4.79. The lowest BCUT2D eigenvalue weighted by atomic mass is 9.88. The number of hydrogen-bond donors (Lipinski definition) is 2. The standard InChI is InChI=1S/C20H31ClN4O.HI/c1-2-22-19(23-15-17-7-3-4-8-18(17)21)24-16-20(9-13-26-14-10-20)25-11-5-6-12-25;/h3-4,7-8H,2,5-6,9-16H2,1H3,(H2,22,23,24);1H. The summed E-state index contributed by atoms with van der Waals surface area (Å²) < 4.78 is 5.64. The largest absolute Gasteiger partial charge is 0.381 e. The molecular formula is C20H32ClIN4O. The van der Waals surface area contributed by atoms with Gasteiger partial charge in [-0.05, 0) is 57.3 Å². The molecule has 0 unspecified atom stereocenters. The van der Waals surface area contributed by atoms with E-state index in [1.54, 1.807) is 0 Å². The molecule has 2 aliphatic rings. The predicted molar refractivity (Wildman–Crippen MR) is 123 cm³/mol. The highest BCUT2D eigenvalue weighted by atomic mass is 127. The summed E-state index contributed by atoms with van der Waals surface area (Å²) in [7, 11) is 0. The van der Waals surface area contributed by atoms with Crippen molar-refractivity contribution >= 4 is 41.5 Å². The minimum Gasteiger partial charge on any atom is -0.381 e. The Morgan fingerprint density at radius 2 is 1.89 bits per heavy atom. The van der Waals surface area contributed by atoms with Crippen molar-refractivity contribution in [1.29, 1.82) is 0 Å². The van der Waals surface area contributed by atoms with Crippen molar-refractivity contribution in [3.05, 3.63) is 34.9 Å². The Kier molecular flexibility index (Phi) is 9.62. The van der Waals surface area contributed by atoms with E-state index in [4.69, 9.17) is 21.3 Å². The van der Waals surface area contributed by atoms with Gasteiger partial charge >= 0.3 is 0 Å². The molecule has 2 aliphatic heterocycles. The molecule has 2 heterocycles. The second kappa shape index (κ2) is 11.4. The first kappa shape index (κ1) is 22.7. The maximum atomic E-state index is 6.26. The molecular weight excluding hydrogens is 475 g/mol. The maximum Gasteiger partial charge on any atom is 0.191 e. The Labute approximate surface area is 185 Å². The van der Waals surface area contributed by atoms with E-state index in [1.807, 2.05) is 24.3 Å². The molecule has 5 nitrogen and oxygen atoms in total. The maximum absolute atomic E-state index is 6.26. The molecule has 2 saturated heterocycles. The molecule has 0 saturated carbocycles. The van der Waals surface area contributed by atoms with Crippen LogP contribution in [0.25, 0.3) is 0 Å². The van der Waals surface area contributed by atoms with Gasteiger partial charge in [-0.1, -0.05) is 29.8 Å². The zero-order valence-electron chi connectivity index (χ0n) is 16.2. The Morgan fingerprint density at radius 1 is 1.19 bits per heavy atom. The third kappa shape index (κ3) is 6.21. The summed E-state index contributed by atoms with van der Waals surface area (Å²) in [6.45, 7) is 8.53. The molecule has 0 radical (unpaired) electrons. The van der Waals surface area contributed by atoms with Gasteiger partial charge in [-0.25, -0.2) is 4.99 Å². The summed E-state index contributed by atoms with van der Waals surface area (Å²) in [5, 5.41) is 7.73. The van der Waals surface area contributed by atoms with Gasteiger partial charge in [0.25, 0.3) is 0 Å². The van der Waals surface area contributed by atoms with Gasteiger partial charge < -0.3 is 15.4 Å². The average Bonchev–Trinajstić information content (AvgIpc) is 3.21. The third-order valence-electron chi connectivity index (χ3n) is 5.49. The van der Waals surface area contributed by atoms with Crippen molar-refractivity contribution in [2.45, 2.75) is 44.7 Å². The Hall–Kier alpha value is -0.570. The highest BCUT2D eigenvalue weighted by Crippen LogP contribution is 2.30. The van der Waals surface area contributed by atoms with Crippen molar-refractivity contribution < 1.29 is 4.74 Å². The van der Waals surface area contributed by atoms with Gasteiger partial charge in [0.05, 0.1) is 6.54 Å². The van der Waals surface area contributed by atoms with E-state index in [0.29, 0.717) is 6.54 Å². The fourth-order valence-electron chi connectivity index (χ4n) is 3.93. The number of guanidine groups is 1. The van der Waals surface area contributed by atoms with Crippen molar-refractivity contribution in [2.75, 3.05) is 39.4 Å². The third-order valence-corrected chi connectivity index (χ3v) is 5.86. The van der Waals surface area contributed by atoms with Crippen LogP contribution in [-0.4, -0.2) is 55.8 Å². The van der Waals surface area contributed by atoms with Crippen LogP contribution < -0.4 is 10.6 Å². The highest BCUT2D eigenvalue weighted by molar-refractivity contribution is 14.0. The molecule has 2 N–H and O–H groups in total. The number of rotatable bonds is 6. The number of hydrogen-bond acceptors (Lipinski definition) is 3. The molecule has 1 aromatic carbocycles. The highest BCUT2D eigenvalue weighted by Gasteiger charge is 2.39. The van der Waals surface area contributed by atoms with Crippen molar-refractivity contribution in [1.82, 2.24) is 15.5 Å². The van der Waals surface area contributed by atoms with E-state index in [-0.39, 0.29) is 29.5 Å². The second-order valence-corrected chi connectivity index (χ2v) is 7.58. The van der Waals surface area contributed by atoms with E-state index in [1.165, 1.54) is 25.9 Å². The van der Waals surface area contributed by atoms with Crippen molar-refractivity contribution in [3.8, 4) is 0 Å². The Morgan fingerprint density at radius 3 is 2.56 bits per heavy atom. The Bertz CT molecular complexity index is 601. The first-order valence-corrected chi connectivity index (χ1v) is 10.2. The van der Waals surface area contributed by atoms with Gasteiger partial charge in [-0.15, -0.1) is 24.0 Å². The quantitative estimate of drug-likeness (QED) is 0.351. The summed E-state index contributed by atoms with van der Waals surface area (Å²) in [6, 6.07) is 7.89. The lowest BCUT2D eigenvalue weighted by molar-refractivity contribution is -0.0164. The van der Waals surface area contributed by atoms with Crippen molar-refractivity contribution in [3.63, 3.8) is 0 Å². The molecule has 3 rings (SSSR count). The number of aliphatic imine (C=N–C) groups is 1. The van der Waals surface area contributed by atoms with E-state index in [2.05, 4.69) is 22.5 Å². The van der Waals surface area contributed by atoms with Crippen LogP contribution in [0.3, 0.4) is 0 Å². The van der Waals surface area contributed by atoms with Crippen LogP contribution in [-0.2, 0) is 11.3 Å². The zero-order valence-corrected chi connectivity index (χ0v) is 19.3. The molecule has 0 amide bonds. The Balaban J connectivity index is 0.00000261. The van der Waals surface area contributed by atoms with Crippen LogP contribution in [0, 0.1) is 0 Å². The lowest BCUT2D eigenvalue weighted by Crippen LogP contribution is -2.58. The van der Waals surface area contributed by atoms with Gasteiger partial charge in [-0.3, -0.25) is 4.90 Å². The lowest BCUT2D eigenvalue weighted by Gasteiger charge is -2.45. The smallest absolute Gasteiger partial charge is 0.191 e. The summed E-state index contributed by atoms with van der Waals surface area (Å²) in [5.41, 5.74) is 1.24. The van der Waals surface area contributed by atoms with Crippen LogP contribution in [0.5, 0.6) is 0 Å². The first-order chi connectivity index (χ1) is 12.7. The molecule has 27 heavy (non-hydrogen) atoms. The fraction of sp³-hybridized carbons (Fsp3) is 0.650. The van der Waals surface area contributed by atoms with Gasteiger partial charge in [0.15, 0.2) is 5.96 Å². The van der Waals surface area contributed by atoms with E-state index in [0.717, 1.165) is 55.7 Å². The number of ether oxygens (including phenoxy) is 1. The van der Waals surface area contributed by atoms with E-state index < -0.39 is 0 Å². The van der Waals surface area contributed by atoms with Crippen LogP contribution in [0.1, 0.15) is 38.2 Å². The number of benzene rings is 1. The normalized spacial score (nSPS) is 20.1. The van der Waals surface area contributed by atoms with Crippen molar-refractivity contribution in [2.24, 2.45) is 4.99 Å². The minimum absolute atomic E-state index is 0. The SMILES string of the molecule is CCNC(=NCc1ccccc1Cl)NCC1(N2CCCC2)CCOCC1.I. The van der Waals surface area contributed by atoms with Crippen LogP contribution in [0.4, 0.5) is 0 Å². The molecule has 2 fully saturated rings. The first-order valence-electron chi connectivity index (χ1n) is 9.82. The topological polar surface area (TPSA) is 48.9 Å². The molecule has 0 spiro atoms. The number of halogens is 2. The van der Waals surface area contributed by atoms with Crippen LogP contribution in [0.15, 0.2) is 29.3 Å². The van der Waals surface area contributed by atoms with Crippen LogP contribution in [0.2, 0.25) is 5.02 Å².